The van der Waals surface area contributed by atoms with Crippen LogP contribution in [-0.2, 0) is 0 Å². The first-order chi connectivity index (χ1) is 5.09. The molecule has 0 unspecified atom stereocenters. The second-order valence-corrected chi connectivity index (χ2v) is 3.79. The third kappa shape index (κ3) is 4.41. The van der Waals surface area contributed by atoms with Crippen molar-refractivity contribution < 1.29 is 5.11 Å². The Morgan fingerprint density at radius 2 is 1.73 bits per heavy atom. The molecule has 0 spiro atoms. The summed E-state index contributed by atoms with van der Waals surface area (Å²) in [5, 5.41) is 9.41. The van der Waals surface area contributed by atoms with Crippen LogP contribution in [0.3, 0.4) is 0 Å². The Morgan fingerprint density at radius 1 is 1.18 bits per heavy atom. The van der Waals surface area contributed by atoms with Crippen molar-refractivity contribution >= 4 is 0 Å². The SMILES string of the molecule is CCCC[C@H](C(C)C)[C@@H](C)O. The Morgan fingerprint density at radius 3 is 2.00 bits per heavy atom. The van der Waals surface area contributed by atoms with Gasteiger partial charge in [0.25, 0.3) is 0 Å². The quantitative estimate of drug-likeness (QED) is 0.652. The number of hydrogen-bond acceptors (Lipinski definition) is 1. The lowest BCUT2D eigenvalue weighted by molar-refractivity contribution is 0.0904. The van der Waals surface area contributed by atoms with Gasteiger partial charge in [-0.2, -0.15) is 0 Å². The summed E-state index contributed by atoms with van der Waals surface area (Å²) >= 11 is 0. The number of aliphatic hydroxyl groups excluding tert-OH is 1. The molecule has 0 bridgehead atoms. The zero-order chi connectivity index (χ0) is 8.85. The molecule has 0 saturated carbocycles. The van der Waals surface area contributed by atoms with Crippen molar-refractivity contribution in [2.45, 2.75) is 53.1 Å². The molecule has 0 saturated heterocycles. The fourth-order valence-electron chi connectivity index (χ4n) is 1.57. The monoisotopic (exact) mass is 158 g/mol. The van der Waals surface area contributed by atoms with Crippen LogP contribution in [-0.4, -0.2) is 11.2 Å². The molecule has 1 N–H and O–H groups in total. The summed E-state index contributed by atoms with van der Waals surface area (Å²) in [5.41, 5.74) is 0. The Bertz CT molecular complexity index is 78.9. The summed E-state index contributed by atoms with van der Waals surface area (Å²) < 4.78 is 0. The number of aliphatic hydroxyl groups is 1. The van der Waals surface area contributed by atoms with Crippen LogP contribution in [0.1, 0.15) is 47.0 Å². The van der Waals surface area contributed by atoms with E-state index in [0.717, 1.165) is 0 Å². The van der Waals surface area contributed by atoms with Gasteiger partial charge in [-0.1, -0.05) is 33.6 Å². The van der Waals surface area contributed by atoms with Crippen molar-refractivity contribution in [3.63, 3.8) is 0 Å². The van der Waals surface area contributed by atoms with Gasteiger partial charge in [0, 0.05) is 0 Å². The lowest BCUT2D eigenvalue weighted by Crippen LogP contribution is -2.22. The van der Waals surface area contributed by atoms with E-state index < -0.39 is 0 Å². The zero-order valence-corrected chi connectivity index (χ0v) is 8.30. The van der Waals surface area contributed by atoms with E-state index in [1.54, 1.807) is 0 Å². The van der Waals surface area contributed by atoms with Crippen LogP contribution in [0, 0.1) is 11.8 Å². The third-order valence-corrected chi connectivity index (χ3v) is 2.37. The lowest BCUT2D eigenvalue weighted by atomic mass is 9.87. The van der Waals surface area contributed by atoms with E-state index in [4.69, 9.17) is 0 Å². The minimum atomic E-state index is -0.137. The maximum absolute atomic E-state index is 9.41. The fourth-order valence-corrected chi connectivity index (χ4v) is 1.57. The highest BCUT2D eigenvalue weighted by Gasteiger charge is 2.17. The van der Waals surface area contributed by atoms with E-state index in [9.17, 15) is 5.11 Å². The first-order valence-electron chi connectivity index (χ1n) is 4.77. The zero-order valence-electron chi connectivity index (χ0n) is 8.30. The van der Waals surface area contributed by atoms with E-state index in [1.165, 1.54) is 19.3 Å². The van der Waals surface area contributed by atoms with Gasteiger partial charge in [-0.15, -0.1) is 0 Å². The molecule has 0 radical (unpaired) electrons. The Balaban J connectivity index is 3.70. The first-order valence-corrected chi connectivity index (χ1v) is 4.77. The molecule has 2 atom stereocenters. The van der Waals surface area contributed by atoms with Crippen molar-refractivity contribution in [2.24, 2.45) is 11.8 Å². The van der Waals surface area contributed by atoms with E-state index in [1.807, 2.05) is 6.92 Å². The Hall–Kier alpha value is -0.0400. The molecule has 0 aliphatic carbocycles. The summed E-state index contributed by atoms with van der Waals surface area (Å²) in [7, 11) is 0. The molecule has 0 fully saturated rings. The van der Waals surface area contributed by atoms with Crippen LogP contribution in [0.5, 0.6) is 0 Å². The van der Waals surface area contributed by atoms with E-state index >= 15 is 0 Å². The molecule has 0 heterocycles. The summed E-state index contributed by atoms with van der Waals surface area (Å²) in [6, 6.07) is 0. The van der Waals surface area contributed by atoms with Gasteiger partial charge in [-0.25, -0.2) is 0 Å². The fraction of sp³-hybridized carbons (Fsp3) is 1.00. The van der Waals surface area contributed by atoms with Gasteiger partial charge < -0.3 is 5.11 Å². The molecule has 0 aliphatic rings. The molecule has 0 amide bonds. The van der Waals surface area contributed by atoms with Crippen molar-refractivity contribution in [1.29, 1.82) is 0 Å². The van der Waals surface area contributed by atoms with Crippen molar-refractivity contribution in [3.8, 4) is 0 Å². The van der Waals surface area contributed by atoms with Gasteiger partial charge >= 0.3 is 0 Å². The predicted molar refractivity (Wildman–Crippen MR) is 49.5 cm³/mol. The van der Waals surface area contributed by atoms with Gasteiger partial charge in [0.2, 0.25) is 0 Å². The lowest BCUT2D eigenvalue weighted by Gasteiger charge is -2.23. The predicted octanol–water partition coefficient (Wildman–Crippen LogP) is 2.83. The third-order valence-electron chi connectivity index (χ3n) is 2.37. The average molecular weight is 158 g/mol. The van der Waals surface area contributed by atoms with Crippen molar-refractivity contribution in [3.05, 3.63) is 0 Å². The van der Waals surface area contributed by atoms with Gasteiger partial charge in [0.05, 0.1) is 6.10 Å². The van der Waals surface area contributed by atoms with Crippen molar-refractivity contribution in [2.75, 3.05) is 0 Å². The van der Waals surface area contributed by atoms with Crippen LogP contribution in [0.15, 0.2) is 0 Å². The molecule has 0 aromatic heterocycles. The van der Waals surface area contributed by atoms with Crippen LogP contribution in [0.25, 0.3) is 0 Å². The standard InChI is InChI=1S/C10H22O/c1-5-6-7-10(8(2)3)9(4)11/h8-11H,5-7H2,1-4H3/t9-,10-/m1/s1. The molecule has 1 heteroatoms. The first kappa shape index (κ1) is 11.0. The number of hydrogen-bond donors (Lipinski definition) is 1. The molecule has 0 aromatic rings. The molecule has 0 aromatic carbocycles. The largest absolute Gasteiger partial charge is 0.393 e. The van der Waals surface area contributed by atoms with Crippen LogP contribution in [0.2, 0.25) is 0 Å². The number of rotatable bonds is 5. The topological polar surface area (TPSA) is 20.2 Å². The smallest absolute Gasteiger partial charge is 0.0542 e. The summed E-state index contributed by atoms with van der Waals surface area (Å²) in [4.78, 5) is 0. The molecule has 11 heavy (non-hydrogen) atoms. The molecular formula is C10H22O. The minimum absolute atomic E-state index is 0.137. The van der Waals surface area contributed by atoms with Crippen molar-refractivity contribution in [1.82, 2.24) is 0 Å². The Labute approximate surface area is 70.8 Å². The van der Waals surface area contributed by atoms with Gasteiger partial charge in [-0.3, -0.25) is 0 Å². The molecule has 68 valence electrons. The highest BCUT2D eigenvalue weighted by Crippen LogP contribution is 2.21. The summed E-state index contributed by atoms with van der Waals surface area (Å²) in [6.07, 6.45) is 3.51. The second kappa shape index (κ2) is 5.59. The maximum Gasteiger partial charge on any atom is 0.0542 e. The van der Waals surface area contributed by atoms with E-state index in [-0.39, 0.29) is 6.10 Å². The molecule has 1 nitrogen and oxygen atoms in total. The number of unbranched alkanes of at least 4 members (excludes halogenated alkanes) is 1. The van der Waals surface area contributed by atoms with Gasteiger partial charge in [0.15, 0.2) is 0 Å². The van der Waals surface area contributed by atoms with Crippen LogP contribution < -0.4 is 0 Å². The second-order valence-electron chi connectivity index (χ2n) is 3.79. The highest BCUT2D eigenvalue weighted by atomic mass is 16.3. The van der Waals surface area contributed by atoms with E-state index in [0.29, 0.717) is 11.8 Å². The summed E-state index contributed by atoms with van der Waals surface area (Å²) in [6.45, 7) is 8.47. The summed E-state index contributed by atoms with van der Waals surface area (Å²) in [5.74, 6) is 1.11. The molecular weight excluding hydrogens is 136 g/mol. The van der Waals surface area contributed by atoms with E-state index in [2.05, 4.69) is 20.8 Å². The Kier molecular flexibility index (Phi) is 5.57. The normalized spacial score (nSPS) is 16.9. The van der Waals surface area contributed by atoms with Gasteiger partial charge in [-0.05, 0) is 25.2 Å². The molecule has 0 rings (SSSR count). The maximum atomic E-state index is 9.41. The van der Waals surface area contributed by atoms with Crippen LogP contribution in [0.4, 0.5) is 0 Å². The highest BCUT2D eigenvalue weighted by molar-refractivity contribution is 4.67. The minimum Gasteiger partial charge on any atom is -0.393 e. The average Bonchev–Trinajstić information content (AvgIpc) is 1.87. The molecule has 0 aliphatic heterocycles. The van der Waals surface area contributed by atoms with Gasteiger partial charge in [0.1, 0.15) is 0 Å². The van der Waals surface area contributed by atoms with Crippen LogP contribution >= 0.6 is 0 Å².